The molecule has 0 saturated carbocycles. The molecular formula is C18H31ClN2O3. The molecule has 0 radical (unpaired) electrons. The third kappa shape index (κ3) is 8.41. The molecule has 0 saturated heterocycles. The highest BCUT2D eigenvalue weighted by molar-refractivity contribution is 5.85. The number of nitrogens with two attached hydrogens (primary N) is 1. The zero-order chi connectivity index (χ0) is 17.2. The van der Waals surface area contributed by atoms with Gasteiger partial charge in [-0.3, -0.25) is 4.79 Å². The maximum atomic E-state index is 12.0. The zero-order valence-electron chi connectivity index (χ0n) is 15.2. The molecule has 0 aliphatic carbocycles. The molecule has 0 bridgehead atoms. The third-order valence-corrected chi connectivity index (χ3v) is 3.94. The van der Waals surface area contributed by atoms with Crippen molar-refractivity contribution in [1.29, 1.82) is 0 Å². The Morgan fingerprint density at radius 3 is 2.33 bits per heavy atom. The Morgan fingerprint density at radius 1 is 1.21 bits per heavy atom. The van der Waals surface area contributed by atoms with E-state index in [2.05, 4.69) is 13.8 Å². The van der Waals surface area contributed by atoms with Crippen LogP contribution < -0.4 is 15.2 Å². The van der Waals surface area contributed by atoms with Gasteiger partial charge in [0.1, 0.15) is 11.5 Å². The Kier molecular flexibility index (Phi) is 11.3. The van der Waals surface area contributed by atoms with E-state index in [1.54, 1.807) is 12.0 Å². The van der Waals surface area contributed by atoms with Crippen molar-refractivity contribution in [3.8, 4) is 11.5 Å². The van der Waals surface area contributed by atoms with Crippen LogP contribution in [0.25, 0.3) is 0 Å². The number of ether oxygens (including phenoxy) is 2. The van der Waals surface area contributed by atoms with Crippen LogP contribution in [0.2, 0.25) is 0 Å². The lowest BCUT2D eigenvalue weighted by atomic mass is 10.0. The minimum absolute atomic E-state index is 0. The van der Waals surface area contributed by atoms with Crippen molar-refractivity contribution in [2.45, 2.75) is 39.2 Å². The van der Waals surface area contributed by atoms with Gasteiger partial charge in [-0.05, 0) is 43.0 Å². The molecule has 138 valence electrons. The molecule has 1 aromatic carbocycles. The summed E-state index contributed by atoms with van der Waals surface area (Å²) in [5.74, 6) is 2.17. The highest BCUT2D eigenvalue weighted by atomic mass is 35.5. The second-order valence-electron chi connectivity index (χ2n) is 6.14. The van der Waals surface area contributed by atoms with Crippen LogP contribution in [0.5, 0.6) is 11.5 Å². The lowest BCUT2D eigenvalue weighted by Crippen LogP contribution is -2.34. The summed E-state index contributed by atoms with van der Waals surface area (Å²) < 4.78 is 10.7. The molecule has 2 N–H and O–H groups in total. The summed E-state index contributed by atoms with van der Waals surface area (Å²) in [5.41, 5.74) is 6.00. The maximum Gasteiger partial charge on any atom is 0.222 e. The van der Waals surface area contributed by atoms with Gasteiger partial charge in [0.15, 0.2) is 0 Å². The third-order valence-electron chi connectivity index (χ3n) is 3.94. The van der Waals surface area contributed by atoms with Crippen LogP contribution in [0.3, 0.4) is 0 Å². The fourth-order valence-electron chi connectivity index (χ4n) is 2.08. The highest BCUT2D eigenvalue weighted by Gasteiger charge is 2.12. The Balaban J connectivity index is 0.00000529. The molecule has 24 heavy (non-hydrogen) atoms. The molecule has 1 unspecified atom stereocenters. The van der Waals surface area contributed by atoms with Crippen LogP contribution in [0.15, 0.2) is 24.3 Å². The van der Waals surface area contributed by atoms with E-state index in [9.17, 15) is 4.79 Å². The van der Waals surface area contributed by atoms with Gasteiger partial charge >= 0.3 is 0 Å². The summed E-state index contributed by atoms with van der Waals surface area (Å²) in [6, 6.07) is 7.57. The average molecular weight is 359 g/mol. The molecule has 1 rings (SSSR count). The van der Waals surface area contributed by atoms with Gasteiger partial charge in [-0.2, -0.15) is 0 Å². The van der Waals surface area contributed by atoms with Crippen LogP contribution in [0, 0.1) is 5.92 Å². The Hall–Kier alpha value is -1.46. The standard InChI is InChI=1S/C18H30N2O3.ClH/c1-14(2)17(19)11-12-20(3)18(21)6-5-13-23-16-9-7-15(22-4)8-10-16;/h7-10,14,17H,5-6,11-13,19H2,1-4H3;1H. The van der Waals surface area contributed by atoms with E-state index in [0.29, 0.717) is 31.9 Å². The van der Waals surface area contributed by atoms with Crippen molar-refractivity contribution in [2.24, 2.45) is 11.7 Å². The van der Waals surface area contributed by atoms with Crippen LogP contribution in [-0.4, -0.2) is 44.2 Å². The zero-order valence-corrected chi connectivity index (χ0v) is 16.0. The van der Waals surface area contributed by atoms with Crippen LogP contribution in [-0.2, 0) is 4.79 Å². The van der Waals surface area contributed by atoms with E-state index < -0.39 is 0 Å². The first-order valence-corrected chi connectivity index (χ1v) is 8.20. The van der Waals surface area contributed by atoms with Gasteiger partial charge in [0.2, 0.25) is 5.91 Å². The number of benzene rings is 1. The molecular weight excluding hydrogens is 328 g/mol. The van der Waals surface area contributed by atoms with Crippen molar-refractivity contribution in [3.63, 3.8) is 0 Å². The number of nitrogens with zero attached hydrogens (tertiary/aromatic N) is 1. The van der Waals surface area contributed by atoms with E-state index in [0.717, 1.165) is 17.9 Å². The molecule has 0 aliphatic heterocycles. The maximum absolute atomic E-state index is 12.0. The lowest BCUT2D eigenvalue weighted by molar-refractivity contribution is -0.130. The predicted molar refractivity (Wildman–Crippen MR) is 100 cm³/mol. The van der Waals surface area contributed by atoms with E-state index in [4.69, 9.17) is 15.2 Å². The van der Waals surface area contributed by atoms with Crippen molar-refractivity contribution in [3.05, 3.63) is 24.3 Å². The fourth-order valence-corrected chi connectivity index (χ4v) is 2.08. The number of halogens is 1. The summed E-state index contributed by atoms with van der Waals surface area (Å²) in [7, 11) is 3.46. The smallest absolute Gasteiger partial charge is 0.222 e. The summed E-state index contributed by atoms with van der Waals surface area (Å²) in [6.07, 6.45) is 2.03. The summed E-state index contributed by atoms with van der Waals surface area (Å²) in [6.45, 7) is 5.43. The fraction of sp³-hybridized carbons (Fsp3) is 0.611. The molecule has 1 aromatic rings. The van der Waals surface area contributed by atoms with Crippen molar-refractivity contribution < 1.29 is 14.3 Å². The number of carbonyl (C=O) groups is 1. The molecule has 5 nitrogen and oxygen atoms in total. The Bertz CT molecular complexity index is 466. The number of hydrogen-bond acceptors (Lipinski definition) is 4. The van der Waals surface area contributed by atoms with Crippen LogP contribution in [0.1, 0.15) is 33.1 Å². The monoisotopic (exact) mass is 358 g/mol. The van der Waals surface area contributed by atoms with Crippen molar-refractivity contribution in [1.82, 2.24) is 4.90 Å². The lowest BCUT2D eigenvalue weighted by Gasteiger charge is -2.21. The van der Waals surface area contributed by atoms with Gasteiger partial charge in [-0.25, -0.2) is 0 Å². The molecule has 1 amide bonds. The Labute approximate surface area is 151 Å². The van der Waals surface area contributed by atoms with E-state index in [1.807, 2.05) is 31.3 Å². The van der Waals surface area contributed by atoms with E-state index >= 15 is 0 Å². The molecule has 0 fully saturated rings. The molecule has 6 heteroatoms. The first-order valence-electron chi connectivity index (χ1n) is 8.20. The summed E-state index contributed by atoms with van der Waals surface area (Å²) in [5, 5.41) is 0. The summed E-state index contributed by atoms with van der Waals surface area (Å²) >= 11 is 0. The number of rotatable bonds is 10. The molecule has 0 spiro atoms. The number of methoxy groups -OCH3 is 1. The number of carbonyl (C=O) groups excluding carboxylic acids is 1. The first-order chi connectivity index (χ1) is 10.9. The summed E-state index contributed by atoms with van der Waals surface area (Å²) in [4.78, 5) is 13.8. The predicted octanol–water partition coefficient (Wildman–Crippen LogP) is 3.11. The topological polar surface area (TPSA) is 64.8 Å². The largest absolute Gasteiger partial charge is 0.497 e. The van der Waals surface area contributed by atoms with E-state index in [1.165, 1.54) is 0 Å². The minimum Gasteiger partial charge on any atom is -0.497 e. The first kappa shape index (κ1) is 22.5. The number of hydrogen-bond donors (Lipinski definition) is 1. The molecule has 0 aliphatic rings. The highest BCUT2D eigenvalue weighted by Crippen LogP contribution is 2.17. The second kappa shape index (κ2) is 12.0. The SMILES string of the molecule is COc1ccc(OCCCC(=O)N(C)CCC(N)C(C)C)cc1.Cl. The normalized spacial score (nSPS) is 11.6. The minimum atomic E-state index is 0. The van der Waals surface area contributed by atoms with Gasteiger partial charge in [0.05, 0.1) is 13.7 Å². The van der Waals surface area contributed by atoms with Gasteiger partial charge in [-0.15, -0.1) is 12.4 Å². The molecule has 0 aromatic heterocycles. The van der Waals surface area contributed by atoms with Crippen LogP contribution in [0.4, 0.5) is 0 Å². The Morgan fingerprint density at radius 2 is 1.79 bits per heavy atom. The number of amides is 1. The van der Waals surface area contributed by atoms with Gasteiger partial charge < -0.3 is 20.1 Å². The van der Waals surface area contributed by atoms with Gasteiger partial charge in [0, 0.05) is 26.1 Å². The molecule has 0 heterocycles. The quantitative estimate of drug-likeness (QED) is 0.653. The second-order valence-corrected chi connectivity index (χ2v) is 6.14. The molecule has 1 atom stereocenters. The van der Waals surface area contributed by atoms with Gasteiger partial charge in [-0.1, -0.05) is 13.8 Å². The van der Waals surface area contributed by atoms with E-state index in [-0.39, 0.29) is 24.4 Å². The van der Waals surface area contributed by atoms with Crippen molar-refractivity contribution >= 4 is 18.3 Å². The van der Waals surface area contributed by atoms with Gasteiger partial charge in [0.25, 0.3) is 0 Å². The van der Waals surface area contributed by atoms with Crippen molar-refractivity contribution in [2.75, 3.05) is 27.3 Å². The van der Waals surface area contributed by atoms with Crippen LogP contribution >= 0.6 is 12.4 Å². The average Bonchev–Trinajstić information content (AvgIpc) is 2.56.